The Balaban J connectivity index is 1.66. The van der Waals surface area contributed by atoms with Crippen LogP contribution in [0.2, 0.25) is 0 Å². The first-order valence-electron chi connectivity index (χ1n) is 9.14. The van der Waals surface area contributed by atoms with Crippen molar-refractivity contribution in [1.29, 1.82) is 0 Å². The molecule has 2 atom stereocenters. The molecule has 1 fully saturated rings. The molecule has 2 aromatic rings. The standard InChI is InChI=1S/C18H30N6O/c1-13(2)18-20-16(21-25-18)12-22(3)10-14-7-6-8-23(4)17(14)15-9-19-24(5)11-15/h9,11,13-14,17H,6-8,10,12H2,1-5H3/t14-,17+/m0/s1. The highest BCUT2D eigenvalue weighted by Gasteiger charge is 2.32. The minimum atomic E-state index is 0.272. The molecule has 0 aromatic carbocycles. The molecular formula is C18H30N6O. The van der Waals surface area contributed by atoms with Crippen LogP contribution >= 0.6 is 0 Å². The summed E-state index contributed by atoms with van der Waals surface area (Å²) in [6.07, 6.45) is 6.63. The second-order valence-corrected chi connectivity index (χ2v) is 7.68. The molecule has 0 amide bonds. The van der Waals surface area contributed by atoms with Crippen molar-refractivity contribution < 1.29 is 4.52 Å². The third kappa shape index (κ3) is 4.27. The molecule has 0 unspecified atom stereocenters. The molecule has 0 N–H and O–H groups in total. The molecule has 0 bridgehead atoms. The largest absolute Gasteiger partial charge is 0.339 e. The average Bonchev–Trinajstić information content (AvgIpc) is 3.16. The molecule has 2 aromatic heterocycles. The third-order valence-corrected chi connectivity index (χ3v) is 5.01. The highest BCUT2D eigenvalue weighted by atomic mass is 16.5. The van der Waals surface area contributed by atoms with Crippen LogP contribution in [0.4, 0.5) is 0 Å². The minimum absolute atomic E-state index is 0.272. The van der Waals surface area contributed by atoms with Crippen LogP contribution in [-0.4, -0.2) is 56.9 Å². The van der Waals surface area contributed by atoms with Gasteiger partial charge in [-0.2, -0.15) is 10.1 Å². The predicted molar refractivity (Wildman–Crippen MR) is 96.0 cm³/mol. The summed E-state index contributed by atoms with van der Waals surface area (Å²) in [5.41, 5.74) is 1.31. The van der Waals surface area contributed by atoms with Crippen molar-refractivity contribution >= 4 is 0 Å². The molecule has 0 aliphatic carbocycles. The molecule has 0 radical (unpaired) electrons. The summed E-state index contributed by atoms with van der Waals surface area (Å²) >= 11 is 0. The zero-order valence-corrected chi connectivity index (χ0v) is 16.0. The van der Waals surface area contributed by atoms with Crippen LogP contribution < -0.4 is 0 Å². The van der Waals surface area contributed by atoms with Crippen molar-refractivity contribution in [1.82, 2.24) is 29.7 Å². The van der Waals surface area contributed by atoms with Gasteiger partial charge in [-0.05, 0) is 39.4 Å². The highest BCUT2D eigenvalue weighted by Crippen LogP contribution is 2.35. The molecular weight excluding hydrogens is 316 g/mol. The zero-order valence-electron chi connectivity index (χ0n) is 16.0. The van der Waals surface area contributed by atoms with Gasteiger partial charge >= 0.3 is 0 Å². The number of hydrogen-bond acceptors (Lipinski definition) is 6. The van der Waals surface area contributed by atoms with Crippen LogP contribution in [0.25, 0.3) is 0 Å². The van der Waals surface area contributed by atoms with Crippen LogP contribution in [0.5, 0.6) is 0 Å². The number of piperidine rings is 1. The lowest BCUT2D eigenvalue weighted by Crippen LogP contribution is -2.40. The normalized spacial score (nSPS) is 22.2. The van der Waals surface area contributed by atoms with Crippen LogP contribution in [0, 0.1) is 5.92 Å². The van der Waals surface area contributed by atoms with E-state index >= 15 is 0 Å². The van der Waals surface area contributed by atoms with Gasteiger partial charge < -0.3 is 4.52 Å². The lowest BCUT2D eigenvalue weighted by molar-refractivity contribution is 0.0917. The van der Waals surface area contributed by atoms with Crippen molar-refractivity contribution in [3.63, 3.8) is 0 Å². The van der Waals surface area contributed by atoms with Crippen molar-refractivity contribution in [2.45, 2.75) is 45.2 Å². The lowest BCUT2D eigenvalue weighted by atomic mass is 9.86. The maximum Gasteiger partial charge on any atom is 0.229 e. The van der Waals surface area contributed by atoms with Crippen LogP contribution in [0.15, 0.2) is 16.9 Å². The number of aromatic nitrogens is 4. The fourth-order valence-corrected chi connectivity index (χ4v) is 3.84. The van der Waals surface area contributed by atoms with Crippen molar-refractivity contribution in [2.75, 3.05) is 27.2 Å². The quantitative estimate of drug-likeness (QED) is 0.800. The van der Waals surface area contributed by atoms with Gasteiger partial charge in [-0.1, -0.05) is 19.0 Å². The van der Waals surface area contributed by atoms with E-state index in [1.165, 1.54) is 18.4 Å². The van der Waals surface area contributed by atoms with E-state index in [1.54, 1.807) is 0 Å². The van der Waals surface area contributed by atoms with E-state index in [2.05, 4.69) is 59.2 Å². The first kappa shape index (κ1) is 18.1. The Kier molecular flexibility index (Phi) is 5.54. The molecule has 0 spiro atoms. The van der Waals surface area contributed by atoms with Gasteiger partial charge in [0.25, 0.3) is 0 Å². The fourth-order valence-electron chi connectivity index (χ4n) is 3.84. The Morgan fingerprint density at radius 2 is 2.16 bits per heavy atom. The van der Waals surface area contributed by atoms with Crippen molar-refractivity contribution in [3.8, 4) is 0 Å². The maximum absolute atomic E-state index is 5.32. The number of hydrogen-bond donors (Lipinski definition) is 0. The molecule has 0 saturated carbocycles. The fraction of sp³-hybridized carbons (Fsp3) is 0.722. The smallest absolute Gasteiger partial charge is 0.229 e. The first-order chi connectivity index (χ1) is 11.9. The Morgan fingerprint density at radius 3 is 2.80 bits per heavy atom. The molecule has 1 aliphatic heterocycles. The van der Waals surface area contributed by atoms with Gasteiger partial charge in [0.2, 0.25) is 5.89 Å². The van der Waals surface area contributed by atoms with E-state index in [9.17, 15) is 0 Å². The Labute approximate surface area is 150 Å². The van der Waals surface area contributed by atoms with E-state index in [4.69, 9.17) is 4.52 Å². The van der Waals surface area contributed by atoms with Crippen LogP contribution in [0.1, 0.15) is 55.9 Å². The molecule has 25 heavy (non-hydrogen) atoms. The monoisotopic (exact) mass is 346 g/mol. The zero-order chi connectivity index (χ0) is 18.0. The van der Waals surface area contributed by atoms with Gasteiger partial charge in [0.1, 0.15) is 0 Å². The number of nitrogens with zero attached hydrogens (tertiary/aromatic N) is 6. The second kappa shape index (κ2) is 7.66. The molecule has 3 heterocycles. The molecule has 1 saturated heterocycles. The van der Waals surface area contributed by atoms with E-state index in [1.807, 2.05) is 17.9 Å². The van der Waals surface area contributed by atoms with Crippen LogP contribution in [-0.2, 0) is 13.6 Å². The topological polar surface area (TPSA) is 63.2 Å². The maximum atomic E-state index is 5.32. The molecule has 3 rings (SSSR count). The highest BCUT2D eigenvalue weighted by molar-refractivity contribution is 5.13. The third-order valence-electron chi connectivity index (χ3n) is 5.01. The van der Waals surface area contributed by atoms with Gasteiger partial charge in [0, 0.05) is 37.3 Å². The van der Waals surface area contributed by atoms with E-state index in [0.717, 1.165) is 25.5 Å². The molecule has 7 nitrogen and oxygen atoms in total. The van der Waals surface area contributed by atoms with E-state index in [-0.39, 0.29) is 5.92 Å². The second-order valence-electron chi connectivity index (χ2n) is 7.68. The summed E-state index contributed by atoms with van der Waals surface area (Å²) in [6.45, 7) is 7.00. The average molecular weight is 346 g/mol. The summed E-state index contributed by atoms with van der Waals surface area (Å²) in [7, 11) is 6.34. The Hall–Kier alpha value is -1.73. The van der Waals surface area contributed by atoms with Gasteiger partial charge in [-0.15, -0.1) is 0 Å². The van der Waals surface area contributed by atoms with E-state index in [0.29, 0.717) is 17.9 Å². The molecule has 1 aliphatic rings. The molecule has 7 heteroatoms. The summed E-state index contributed by atoms with van der Waals surface area (Å²) in [5, 5.41) is 8.49. The van der Waals surface area contributed by atoms with Crippen molar-refractivity contribution in [2.24, 2.45) is 13.0 Å². The summed E-state index contributed by atoms with van der Waals surface area (Å²) in [4.78, 5) is 9.27. The van der Waals surface area contributed by atoms with Gasteiger partial charge in [0.05, 0.1) is 12.7 Å². The number of likely N-dealkylation sites (tertiary alicyclic amines) is 1. The number of aryl methyl sites for hydroxylation is 1. The Morgan fingerprint density at radius 1 is 1.36 bits per heavy atom. The minimum Gasteiger partial charge on any atom is -0.339 e. The summed E-state index contributed by atoms with van der Waals surface area (Å²) in [5.74, 6) is 2.33. The predicted octanol–water partition coefficient (Wildman–Crippen LogP) is 2.44. The Bertz CT molecular complexity index is 679. The number of rotatable bonds is 6. The summed E-state index contributed by atoms with van der Waals surface area (Å²) in [6, 6.07) is 0.418. The van der Waals surface area contributed by atoms with Gasteiger partial charge in [-0.3, -0.25) is 14.5 Å². The lowest BCUT2D eigenvalue weighted by Gasteiger charge is -2.40. The molecule has 138 valence electrons. The van der Waals surface area contributed by atoms with Crippen molar-refractivity contribution in [3.05, 3.63) is 29.7 Å². The van der Waals surface area contributed by atoms with Gasteiger partial charge in [0.15, 0.2) is 5.82 Å². The first-order valence-corrected chi connectivity index (χ1v) is 9.14. The SMILES string of the molecule is CC(C)c1nc(CN(C)C[C@@H]2CCCN(C)[C@H]2c2cnn(C)c2)no1. The van der Waals surface area contributed by atoms with E-state index < -0.39 is 0 Å². The summed E-state index contributed by atoms with van der Waals surface area (Å²) < 4.78 is 7.21. The van der Waals surface area contributed by atoms with Crippen LogP contribution in [0.3, 0.4) is 0 Å². The van der Waals surface area contributed by atoms with Gasteiger partial charge in [-0.25, -0.2) is 0 Å².